The van der Waals surface area contributed by atoms with E-state index in [0.29, 0.717) is 23.1 Å². The van der Waals surface area contributed by atoms with Crippen LogP contribution >= 0.6 is 15.9 Å². The van der Waals surface area contributed by atoms with Gasteiger partial charge in [-0.1, -0.05) is 22.0 Å². The van der Waals surface area contributed by atoms with Crippen LogP contribution in [0.3, 0.4) is 0 Å². The summed E-state index contributed by atoms with van der Waals surface area (Å²) in [6.07, 6.45) is -2.37. The van der Waals surface area contributed by atoms with Crippen LogP contribution in [0.15, 0.2) is 35.3 Å². The predicted molar refractivity (Wildman–Crippen MR) is 64.1 cm³/mol. The fourth-order valence-corrected chi connectivity index (χ4v) is 1.50. The SMILES string of the molecule is C=CCCNc1ccc(Br)cc1OC(F)(F)F. The Morgan fingerprint density at radius 1 is 1.41 bits per heavy atom. The summed E-state index contributed by atoms with van der Waals surface area (Å²) in [5.41, 5.74) is 0.298. The van der Waals surface area contributed by atoms with Gasteiger partial charge in [-0.3, -0.25) is 0 Å². The number of anilines is 1. The molecule has 0 spiro atoms. The minimum absolute atomic E-state index is 0.254. The van der Waals surface area contributed by atoms with Crippen LogP contribution in [0.1, 0.15) is 6.42 Å². The maximum Gasteiger partial charge on any atom is 0.573 e. The zero-order valence-electron chi connectivity index (χ0n) is 8.85. The second-order valence-electron chi connectivity index (χ2n) is 3.19. The molecule has 0 amide bonds. The Kier molecular flexibility index (Phi) is 4.86. The lowest BCUT2D eigenvalue weighted by Crippen LogP contribution is -2.18. The van der Waals surface area contributed by atoms with Crippen LogP contribution in [-0.4, -0.2) is 12.9 Å². The largest absolute Gasteiger partial charge is 0.573 e. The zero-order chi connectivity index (χ0) is 12.9. The van der Waals surface area contributed by atoms with E-state index in [-0.39, 0.29) is 5.75 Å². The van der Waals surface area contributed by atoms with Gasteiger partial charge in [-0.2, -0.15) is 0 Å². The molecule has 1 rings (SSSR count). The van der Waals surface area contributed by atoms with Crippen molar-refractivity contribution in [1.82, 2.24) is 0 Å². The molecule has 17 heavy (non-hydrogen) atoms. The Labute approximate surface area is 106 Å². The number of nitrogens with one attached hydrogen (secondary N) is 1. The van der Waals surface area contributed by atoms with Gasteiger partial charge in [0, 0.05) is 11.0 Å². The van der Waals surface area contributed by atoms with Crippen molar-refractivity contribution < 1.29 is 17.9 Å². The first-order valence-electron chi connectivity index (χ1n) is 4.82. The second-order valence-corrected chi connectivity index (χ2v) is 4.11. The van der Waals surface area contributed by atoms with Crippen molar-refractivity contribution in [3.63, 3.8) is 0 Å². The molecule has 2 nitrogen and oxygen atoms in total. The summed E-state index contributed by atoms with van der Waals surface area (Å²) in [5.74, 6) is -0.254. The van der Waals surface area contributed by atoms with Crippen LogP contribution in [0.4, 0.5) is 18.9 Å². The molecule has 0 saturated heterocycles. The summed E-state index contributed by atoms with van der Waals surface area (Å²) in [6.45, 7) is 4.03. The molecule has 1 N–H and O–H groups in total. The van der Waals surface area contributed by atoms with Gasteiger partial charge < -0.3 is 10.1 Å². The number of ether oxygens (including phenoxy) is 1. The molecule has 0 atom stereocenters. The number of halogens is 4. The van der Waals surface area contributed by atoms with Gasteiger partial charge in [0.1, 0.15) is 0 Å². The highest BCUT2D eigenvalue weighted by molar-refractivity contribution is 9.10. The monoisotopic (exact) mass is 309 g/mol. The molecular formula is C11H11BrF3NO. The predicted octanol–water partition coefficient (Wildman–Crippen LogP) is 4.34. The minimum Gasteiger partial charge on any atom is -0.404 e. The van der Waals surface area contributed by atoms with Gasteiger partial charge in [0.2, 0.25) is 0 Å². The fourth-order valence-electron chi connectivity index (χ4n) is 1.16. The Balaban J connectivity index is 2.83. The van der Waals surface area contributed by atoms with E-state index in [1.165, 1.54) is 12.1 Å². The van der Waals surface area contributed by atoms with Gasteiger partial charge in [0.15, 0.2) is 5.75 Å². The van der Waals surface area contributed by atoms with Gasteiger partial charge in [-0.15, -0.1) is 19.8 Å². The third kappa shape index (κ3) is 5.12. The average molecular weight is 310 g/mol. The van der Waals surface area contributed by atoms with E-state index in [0.717, 1.165) is 0 Å². The molecule has 0 radical (unpaired) electrons. The van der Waals surface area contributed by atoms with Crippen molar-refractivity contribution >= 4 is 21.6 Å². The van der Waals surface area contributed by atoms with Gasteiger partial charge in [0.25, 0.3) is 0 Å². The highest BCUT2D eigenvalue weighted by atomic mass is 79.9. The van der Waals surface area contributed by atoms with Crippen LogP contribution < -0.4 is 10.1 Å². The lowest BCUT2D eigenvalue weighted by Gasteiger charge is -2.14. The van der Waals surface area contributed by atoms with Crippen molar-refractivity contribution in [2.75, 3.05) is 11.9 Å². The van der Waals surface area contributed by atoms with Gasteiger partial charge >= 0.3 is 6.36 Å². The van der Waals surface area contributed by atoms with E-state index < -0.39 is 6.36 Å². The third-order valence-corrected chi connectivity index (χ3v) is 2.33. The summed E-state index contributed by atoms with van der Waals surface area (Å²) in [5, 5.41) is 2.85. The van der Waals surface area contributed by atoms with Gasteiger partial charge in [0.05, 0.1) is 5.69 Å². The van der Waals surface area contributed by atoms with Crippen molar-refractivity contribution in [3.05, 3.63) is 35.3 Å². The lowest BCUT2D eigenvalue weighted by molar-refractivity contribution is -0.274. The maximum atomic E-state index is 12.2. The minimum atomic E-state index is -4.70. The first kappa shape index (κ1) is 13.9. The Hall–Kier alpha value is -1.17. The van der Waals surface area contributed by atoms with Crippen molar-refractivity contribution in [2.24, 2.45) is 0 Å². The summed E-state index contributed by atoms with van der Waals surface area (Å²) < 4.78 is 40.9. The first-order valence-corrected chi connectivity index (χ1v) is 5.62. The number of hydrogen-bond donors (Lipinski definition) is 1. The lowest BCUT2D eigenvalue weighted by atomic mass is 10.3. The van der Waals surface area contributed by atoms with E-state index in [4.69, 9.17) is 0 Å². The van der Waals surface area contributed by atoms with Crippen LogP contribution in [0.2, 0.25) is 0 Å². The summed E-state index contributed by atoms with van der Waals surface area (Å²) in [4.78, 5) is 0. The Morgan fingerprint density at radius 3 is 2.71 bits per heavy atom. The summed E-state index contributed by atoms with van der Waals surface area (Å²) >= 11 is 3.09. The second kappa shape index (κ2) is 5.95. The van der Waals surface area contributed by atoms with E-state index in [1.54, 1.807) is 12.1 Å². The average Bonchev–Trinajstić information content (AvgIpc) is 2.19. The topological polar surface area (TPSA) is 21.3 Å². The van der Waals surface area contributed by atoms with Crippen LogP contribution in [-0.2, 0) is 0 Å². The molecule has 0 saturated carbocycles. The van der Waals surface area contributed by atoms with Crippen LogP contribution in [0.5, 0.6) is 5.75 Å². The normalized spacial score (nSPS) is 11.1. The number of hydrogen-bond acceptors (Lipinski definition) is 2. The quantitative estimate of drug-likeness (QED) is 0.645. The highest BCUT2D eigenvalue weighted by Gasteiger charge is 2.32. The molecule has 1 aromatic carbocycles. The van der Waals surface area contributed by atoms with Crippen LogP contribution in [0.25, 0.3) is 0 Å². The molecule has 94 valence electrons. The molecule has 0 unspecified atom stereocenters. The number of alkyl halides is 3. The van der Waals surface area contributed by atoms with Gasteiger partial charge in [-0.25, -0.2) is 0 Å². The molecule has 0 fully saturated rings. The Bertz CT molecular complexity index is 393. The standard InChI is InChI=1S/C11H11BrF3NO/c1-2-3-6-16-9-5-4-8(12)7-10(9)17-11(13,14)15/h2,4-5,7,16H,1,3,6H2. The first-order chi connectivity index (χ1) is 7.92. The summed E-state index contributed by atoms with van der Waals surface area (Å²) in [7, 11) is 0. The Morgan fingerprint density at radius 2 is 2.12 bits per heavy atom. The van der Waals surface area contributed by atoms with Crippen molar-refractivity contribution in [3.8, 4) is 5.75 Å². The van der Waals surface area contributed by atoms with E-state index >= 15 is 0 Å². The molecule has 0 aliphatic heterocycles. The molecule has 6 heteroatoms. The molecule has 0 bridgehead atoms. The molecule has 0 aliphatic rings. The number of rotatable bonds is 5. The zero-order valence-corrected chi connectivity index (χ0v) is 10.4. The molecule has 0 aromatic heterocycles. The van der Waals surface area contributed by atoms with E-state index in [2.05, 4.69) is 32.6 Å². The van der Waals surface area contributed by atoms with Crippen molar-refractivity contribution in [1.29, 1.82) is 0 Å². The smallest absolute Gasteiger partial charge is 0.404 e. The van der Waals surface area contributed by atoms with E-state index in [9.17, 15) is 13.2 Å². The highest BCUT2D eigenvalue weighted by Crippen LogP contribution is 2.32. The van der Waals surface area contributed by atoms with Crippen molar-refractivity contribution in [2.45, 2.75) is 12.8 Å². The number of benzene rings is 1. The van der Waals surface area contributed by atoms with E-state index in [1.807, 2.05) is 0 Å². The maximum absolute atomic E-state index is 12.2. The summed E-state index contributed by atoms with van der Waals surface area (Å²) in [6, 6.07) is 4.43. The third-order valence-electron chi connectivity index (χ3n) is 1.83. The van der Waals surface area contributed by atoms with Crippen LogP contribution in [0, 0.1) is 0 Å². The molecular weight excluding hydrogens is 299 g/mol. The molecule has 0 aliphatic carbocycles. The fraction of sp³-hybridized carbons (Fsp3) is 0.273. The molecule has 1 aromatic rings. The molecule has 0 heterocycles. The van der Waals surface area contributed by atoms with Gasteiger partial charge in [-0.05, 0) is 24.6 Å².